The number of rotatable bonds is 7. The minimum absolute atomic E-state index is 0.0789. The summed E-state index contributed by atoms with van der Waals surface area (Å²) in [7, 11) is 1.46. The topological polar surface area (TPSA) is 132 Å². The van der Waals surface area contributed by atoms with Crippen molar-refractivity contribution in [3.63, 3.8) is 0 Å². The number of nitrogens with one attached hydrogen (secondary N) is 1. The molecular formula is C23H16ClN3O7S. The second kappa shape index (κ2) is 10.0. The highest BCUT2D eigenvalue weighted by Gasteiger charge is 2.36. The standard InChI is InChI=1S/C23H16ClN3O7S/c1-33-19-7-5-14(10-17(19)24)25-21(28)12-26-22(29)20(35-23(26)30)11-16-6-8-18(34-16)13-3-2-4-15(9-13)27(31)32/h2-11H,12H2,1H3,(H,25,28)/b20-11+. The van der Waals surface area contributed by atoms with Crippen LogP contribution in [0.25, 0.3) is 17.4 Å². The predicted octanol–water partition coefficient (Wildman–Crippen LogP) is 5.19. The minimum Gasteiger partial charge on any atom is -0.495 e. The maximum Gasteiger partial charge on any atom is 0.294 e. The molecule has 0 radical (unpaired) electrons. The van der Waals surface area contributed by atoms with Crippen LogP contribution in [0.5, 0.6) is 5.75 Å². The van der Waals surface area contributed by atoms with E-state index < -0.39 is 28.5 Å². The van der Waals surface area contributed by atoms with Gasteiger partial charge in [0.05, 0.1) is 22.0 Å². The third-order valence-electron chi connectivity index (χ3n) is 4.85. The quantitative estimate of drug-likeness (QED) is 0.259. The van der Waals surface area contributed by atoms with Crippen LogP contribution in [-0.4, -0.2) is 40.5 Å². The Hall–Kier alpha value is -4.09. The number of halogens is 1. The number of methoxy groups -OCH3 is 1. The van der Waals surface area contributed by atoms with Gasteiger partial charge in [0.1, 0.15) is 23.8 Å². The Morgan fingerprint density at radius 2 is 2.03 bits per heavy atom. The molecule has 35 heavy (non-hydrogen) atoms. The van der Waals surface area contributed by atoms with Crippen molar-refractivity contribution in [3.8, 4) is 17.1 Å². The second-order valence-corrected chi connectivity index (χ2v) is 8.58. The fourth-order valence-corrected chi connectivity index (χ4v) is 4.29. The van der Waals surface area contributed by atoms with E-state index in [9.17, 15) is 24.5 Å². The first-order valence-electron chi connectivity index (χ1n) is 9.98. The van der Waals surface area contributed by atoms with E-state index in [1.54, 1.807) is 30.3 Å². The molecule has 1 aromatic heterocycles. The number of non-ortho nitro benzene ring substituents is 1. The van der Waals surface area contributed by atoms with Crippen LogP contribution < -0.4 is 10.1 Å². The molecule has 0 spiro atoms. The van der Waals surface area contributed by atoms with E-state index in [-0.39, 0.29) is 16.4 Å². The number of nitrogens with zero attached hydrogens (tertiary/aromatic N) is 2. The first kappa shape index (κ1) is 24.0. The van der Waals surface area contributed by atoms with E-state index in [1.807, 2.05) is 0 Å². The Labute approximate surface area is 207 Å². The van der Waals surface area contributed by atoms with Crippen LogP contribution in [0.2, 0.25) is 5.02 Å². The number of nitro groups is 1. The Balaban J connectivity index is 1.44. The zero-order chi connectivity index (χ0) is 25.1. The molecule has 1 aliphatic rings. The lowest BCUT2D eigenvalue weighted by Gasteiger charge is -2.13. The summed E-state index contributed by atoms with van der Waals surface area (Å²) in [5.74, 6) is -0.157. The van der Waals surface area contributed by atoms with Crippen molar-refractivity contribution in [2.24, 2.45) is 0 Å². The van der Waals surface area contributed by atoms with Crippen LogP contribution in [-0.2, 0) is 9.59 Å². The Bertz CT molecular complexity index is 1380. The van der Waals surface area contributed by atoms with Crippen molar-refractivity contribution in [2.45, 2.75) is 0 Å². The fraction of sp³-hybridized carbons (Fsp3) is 0.0870. The number of imide groups is 1. The molecule has 4 rings (SSSR count). The molecule has 1 aliphatic heterocycles. The van der Waals surface area contributed by atoms with Gasteiger partial charge in [0.15, 0.2) is 0 Å². The van der Waals surface area contributed by atoms with Crippen LogP contribution in [0.3, 0.4) is 0 Å². The molecule has 0 saturated carbocycles. The summed E-state index contributed by atoms with van der Waals surface area (Å²) in [6, 6.07) is 13.7. The van der Waals surface area contributed by atoms with Crippen LogP contribution >= 0.6 is 23.4 Å². The molecule has 0 aliphatic carbocycles. The first-order valence-corrected chi connectivity index (χ1v) is 11.2. The number of nitro benzene ring substituents is 1. The van der Waals surface area contributed by atoms with Gasteiger partial charge in [-0.2, -0.15) is 0 Å². The van der Waals surface area contributed by atoms with Crippen LogP contribution in [0.4, 0.5) is 16.2 Å². The lowest BCUT2D eigenvalue weighted by Crippen LogP contribution is -2.36. The van der Waals surface area contributed by atoms with Crippen molar-refractivity contribution >= 4 is 57.9 Å². The predicted molar refractivity (Wildman–Crippen MR) is 130 cm³/mol. The van der Waals surface area contributed by atoms with Gasteiger partial charge in [-0.1, -0.05) is 23.7 Å². The third-order valence-corrected chi connectivity index (χ3v) is 6.06. The van der Waals surface area contributed by atoms with E-state index in [2.05, 4.69) is 5.32 Å². The Morgan fingerprint density at radius 3 is 2.74 bits per heavy atom. The van der Waals surface area contributed by atoms with Gasteiger partial charge in [-0.25, -0.2) is 0 Å². The van der Waals surface area contributed by atoms with Crippen molar-refractivity contribution in [1.29, 1.82) is 0 Å². The van der Waals surface area contributed by atoms with Crippen LogP contribution in [0.1, 0.15) is 5.76 Å². The van der Waals surface area contributed by atoms with Gasteiger partial charge in [-0.3, -0.25) is 29.4 Å². The highest BCUT2D eigenvalue weighted by molar-refractivity contribution is 8.18. The van der Waals surface area contributed by atoms with E-state index >= 15 is 0 Å². The molecule has 2 aromatic carbocycles. The molecule has 2 heterocycles. The lowest BCUT2D eigenvalue weighted by atomic mass is 10.1. The largest absolute Gasteiger partial charge is 0.495 e. The summed E-state index contributed by atoms with van der Waals surface area (Å²) in [6.07, 6.45) is 1.38. The molecule has 3 aromatic rings. The number of amides is 3. The van der Waals surface area contributed by atoms with Gasteiger partial charge < -0.3 is 14.5 Å². The van der Waals surface area contributed by atoms with E-state index in [0.29, 0.717) is 39.5 Å². The van der Waals surface area contributed by atoms with Crippen molar-refractivity contribution in [3.05, 3.63) is 80.4 Å². The molecule has 178 valence electrons. The van der Waals surface area contributed by atoms with Gasteiger partial charge in [0, 0.05) is 29.5 Å². The van der Waals surface area contributed by atoms with Crippen LogP contribution in [0.15, 0.2) is 63.9 Å². The SMILES string of the molecule is COc1ccc(NC(=O)CN2C(=O)S/C(=C/c3ccc(-c4cccc([N+](=O)[O-])c4)o3)C2=O)cc1Cl. The van der Waals surface area contributed by atoms with Crippen molar-refractivity contribution in [2.75, 3.05) is 19.0 Å². The molecule has 0 atom stereocenters. The smallest absolute Gasteiger partial charge is 0.294 e. The number of carbonyl (C=O) groups is 3. The average Bonchev–Trinajstić information content (AvgIpc) is 3.39. The number of thioether (sulfide) groups is 1. The number of ether oxygens (including phenoxy) is 1. The van der Waals surface area contributed by atoms with Gasteiger partial charge in [-0.15, -0.1) is 0 Å². The van der Waals surface area contributed by atoms with Gasteiger partial charge in [0.2, 0.25) is 5.91 Å². The molecule has 0 unspecified atom stereocenters. The molecular weight excluding hydrogens is 498 g/mol. The normalized spacial score (nSPS) is 14.5. The zero-order valence-electron chi connectivity index (χ0n) is 18.0. The molecule has 12 heteroatoms. The van der Waals surface area contributed by atoms with Gasteiger partial charge in [-0.05, 0) is 42.1 Å². The van der Waals surface area contributed by atoms with Crippen LogP contribution in [0, 0.1) is 10.1 Å². The average molecular weight is 514 g/mol. The van der Waals surface area contributed by atoms with Crippen molar-refractivity contribution in [1.82, 2.24) is 4.90 Å². The van der Waals surface area contributed by atoms with Gasteiger partial charge in [0.25, 0.3) is 16.8 Å². The number of furan rings is 1. The molecule has 10 nitrogen and oxygen atoms in total. The summed E-state index contributed by atoms with van der Waals surface area (Å²) in [4.78, 5) is 48.9. The zero-order valence-corrected chi connectivity index (χ0v) is 19.6. The van der Waals surface area contributed by atoms with E-state index in [0.717, 1.165) is 4.90 Å². The van der Waals surface area contributed by atoms with E-state index in [1.165, 1.54) is 37.5 Å². The maximum atomic E-state index is 12.7. The number of anilines is 1. The summed E-state index contributed by atoms with van der Waals surface area (Å²) >= 11 is 6.72. The lowest BCUT2D eigenvalue weighted by molar-refractivity contribution is -0.384. The summed E-state index contributed by atoms with van der Waals surface area (Å²) < 4.78 is 10.7. The first-order chi connectivity index (χ1) is 16.7. The maximum absolute atomic E-state index is 12.7. The van der Waals surface area contributed by atoms with E-state index in [4.69, 9.17) is 20.8 Å². The summed E-state index contributed by atoms with van der Waals surface area (Å²) in [6.45, 7) is -0.483. The molecule has 1 saturated heterocycles. The Kier molecular flexibility index (Phi) is 6.90. The fourth-order valence-electron chi connectivity index (χ4n) is 3.21. The molecule has 0 bridgehead atoms. The summed E-state index contributed by atoms with van der Waals surface area (Å²) in [5.41, 5.74) is 0.784. The second-order valence-electron chi connectivity index (χ2n) is 7.17. The van der Waals surface area contributed by atoms with Gasteiger partial charge >= 0.3 is 0 Å². The number of benzene rings is 2. The molecule has 1 fully saturated rings. The number of hydrogen-bond donors (Lipinski definition) is 1. The minimum atomic E-state index is -0.642. The highest BCUT2D eigenvalue weighted by atomic mass is 35.5. The molecule has 3 amide bonds. The highest BCUT2D eigenvalue weighted by Crippen LogP contribution is 2.34. The monoisotopic (exact) mass is 513 g/mol. The third kappa shape index (κ3) is 5.36. The Morgan fingerprint density at radius 1 is 1.23 bits per heavy atom. The summed E-state index contributed by atoms with van der Waals surface area (Å²) in [5, 5.41) is 13.3. The number of carbonyl (C=O) groups excluding carboxylic acids is 3. The number of hydrogen-bond acceptors (Lipinski definition) is 8. The van der Waals surface area contributed by atoms with Crippen molar-refractivity contribution < 1.29 is 28.5 Å². The molecule has 1 N–H and O–H groups in total.